The zero-order valence-corrected chi connectivity index (χ0v) is 15.8. The lowest BCUT2D eigenvalue weighted by atomic mass is 9.97. The van der Waals surface area contributed by atoms with Crippen LogP contribution in [0.5, 0.6) is 0 Å². The molecule has 140 valence electrons. The van der Waals surface area contributed by atoms with Crippen LogP contribution in [-0.2, 0) is 16.0 Å². The number of benzene rings is 1. The van der Waals surface area contributed by atoms with Crippen LogP contribution in [-0.4, -0.2) is 49.3 Å². The van der Waals surface area contributed by atoms with Crippen LogP contribution < -0.4 is 5.32 Å². The highest BCUT2D eigenvalue weighted by molar-refractivity contribution is 5.88. The number of hydrogen-bond acceptors (Lipinski definition) is 4. The van der Waals surface area contributed by atoms with Crippen molar-refractivity contribution in [2.45, 2.75) is 39.2 Å². The van der Waals surface area contributed by atoms with E-state index in [0.717, 1.165) is 44.1 Å². The number of allylic oxidation sites excluding steroid dienone is 1. The van der Waals surface area contributed by atoms with Crippen LogP contribution in [0.25, 0.3) is 0 Å². The summed E-state index contributed by atoms with van der Waals surface area (Å²) in [5, 5.41) is 2.80. The third-order valence-electron chi connectivity index (χ3n) is 5.03. The average molecular weight is 355 g/mol. The highest BCUT2D eigenvalue weighted by Crippen LogP contribution is 2.20. The van der Waals surface area contributed by atoms with Gasteiger partial charge in [0.1, 0.15) is 5.76 Å². The molecule has 2 aliphatic rings. The molecule has 1 saturated heterocycles. The van der Waals surface area contributed by atoms with Gasteiger partial charge < -0.3 is 15.0 Å². The molecule has 0 aliphatic carbocycles. The van der Waals surface area contributed by atoms with Gasteiger partial charge in [-0.1, -0.05) is 12.1 Å². The van der Waals surface area contributed by atoms with Crippen LogP contribution in [0.1, 0.15) is 32.3 Å². The molecule has 1 fully saturated rings. The maximum absolute atomic E-state index is 11.1. The Labute approximate surface area is 156 Å². The van der Waals surface area contributed by atoms with Crippen molar-refractivity contribution in [3.8, 4) is 0 Å². The Kier molecular flexibility index (Phi) is 6.45. The fourth-order valence-electron chi connectivity index (χ4n) is 3.44. The van der Waals surface area contributed by atoms with Gasteiger partial charge in [0.25, 0.3) is 0 Å². The number of carbonyl (C=O) groups excluding carboxylic acids is 1. The molecule has 0 bridgehead atoms. The lowest BCUT2D eigenvalue weighted by Gasteiger charge is -2.31. The summed E-state index contributed by atoms with van der Waals surface area (Å²) in [6, 6.07) is 8.41. The first-order valence-electron chi connectivity index (χ1n) is 9.55. The number of ether oxygens (including phenoxy) is 1. The summed E-state index contributed by atoms with van der Waals surface area (Å²) in [5.74, 6) is 1.55. The summed E-state index contributed by atoms with van der Waals surface area (Å²) < 4.78 is 5.88. The molecule has 1 aromatic rings. The van der Waals surface area contributed by atoms with E-state index in [1.807, 2.05) is 18.3 Å². The second-order valence-electron chi connectivity index (χ2n) is 7.31. The van der Waals surface area contributed by atoms with Gasteiger partial charge >= 0.3 is 0 Å². The van der Waals surface area contributed by atoms with Crippen molar-refractivity contribution in [2.24, 2.45) is 10.9 Å². The van der Waals surface area contributed by atoms with Crippen molar-refractivity contribution in [1.29, 1.82) is 0 Å². The number of hydrogen-bond donors (Lipinski definition) is 1. The third-order valence-corrected chi connectivity index (χ3v) is 5.03. The van der Waals surface area contributed by atoms with Gasteiger partial charge in [-0.15, -0.1) is 0 Å². The van der Waals surface area contributed by atoms with Crippen molar-refractivity contribution < 1.29 is 9.53 Å². The van der Waals surface area contributed by atoms with Gasteiger partial charge in [-0.05, 0) is 69.0 Å². The number of aliphatic imine (C=N–C) groups is 1. The molecule has 0 spiro atoms. The molecule has 0 saturated carbocycles. The Hall–Kier alpha value is -2.14. The molecule has 0 aromatic heterocycles. The van der Waals surface area contributed by atoms with Gasteiger partial charge in [0.15, 0.2) is 0 Å². The summed E-state index contributed by atoms with van der Waals surface area (Å²) in [5.41, 5.74) is 2.17. The lowest BCUT2D eigenvalue weighted by molar-refractivity contribution is -0.114. The van der Waals surface area contributed by atoms with E-state index < -0.39 is 0 Å². The molecule has 0 radical (unpaired) electrons. The summed E-state index contributed by atoms with van der Waals surface area (Å²) in [6.45, 7) is 7.77. The fourth-order valence-corrected chi connectivity index (χ4v) is 3.44. The molecule has 5 nitrogen and oxygen atoms in total. The van der Waals surface area contributed by atoms with E-state index in [1.165, 1.54) is 25.3 Å². The van der Waals surface area contributed by atoms with Crippen molar-refractivity contribution in [3.05, 3.63) is 41.7 Å². The average Bonchev–Trinajstić information content (AvgIpc) is 3.05. The molecule has 1 unspecified atom stereocenters. The van der Waals surface area contributed by atoms with Crippen LogP contribution in [0.4, 0.5) is 5.69 Å². The van der Waals surface area contributed by atoms with E-state index in [4.69, 9.17) is 4.74 Å². The monoisotopic (exact) mass is 355 g/mol. The van der Waals surface area contributed by atoms with Gasteiger partial charge in [-0.25, -0.2) is 0 Å². The number of carbonyl (C=O) groups is 1. The minimum atomic E-state index is -0.0318. The quantitative estimate of drug-likeness (QED) is 0.817. The van der Waals surface area contributed by atoms with Crippen molar-refractivity contribution in [1.82, 2.24) is 4.90 Å². The second-order valence-corrected chi connectivity index (χ2v) is 7.31. The number of rotatable bonds is 7. The highest BCUT2D eigenvalue weighted by Gasteiger charge is 2.20. The molecule has 1 aromatic carbocycles. The Morgan fingerprint density at radius 1 is 1.27 bits per heavy atom. The Morgan fingerprint density at radius 2 is 2.00 bits per heavy atom. The van der Waals surface area contributed by atoms with Crippen LogP contribution in [0.3, 0.4) is 0 Å². The third kappa shape index (κ3) is 5.70. The van der Waals surface area contributed by atoms with Crippen molar-refractivity contribution in [3.63, 3.8) is 0 Å². The summed E-state index contributed by atoms with van der Waals surface area (Å²) in [4.78, 5) is 17.9. The van der Waals surface area contributed by atoms with Crippen LogP contribution in [0.15, 0.2) is 41.1 Å². The van der Waals surface area contributed by atoms with Crippen LogP contribution >= 0.6 is 0 Å². The number of nitrogens with one attached hydrogen (secondary N) is 1. The first-order chi connectivity index (χ1) is 12.6. The highest BCUT2D eigenvalue weighted by atomic mass is 16.5. The second kappa shape index (κ2) is 8.99. The zero-order valence-electron chi connectivity index (χ0n) is 15.8. The predicted octanol–water partition coefficient (Wildman–Crippen LogP) is 3.27. The topological polar surface area (TPSA) is 53.9 Å². The first-order valence-corrected chi connectivity index (χ1v) is 9.55. The minimum absolute atomic E-state index is 0.0318. The molecular weight excluding hydrogens is 326 g/mol. The molecule has 1 atom stereocenters. The van der Waals surface area contributed by atoms with E-state index in [-0.39, 0.29) is 11.9 Å². The van der Waals surface area contributed by atoms with E-state index in [1.54, 1.807) is 0 Å². The lowest BCUT2D eigenvalue weighted by Crippen LogP contribution is -2.36. The number of nitrogens with zero attached hydrogens (tertiary/aromatic N) is 2. The number of amides is 1. The largest absolute Gasteiger partial charge is 0.492 e. The fraction of sp³-hybridized carbons (Fsp3) is 0.524. The summed E-state index contributed by atoms with van der Waals surface area (Å²) >= 11 is 0. The molecule has 2 heterocycles. The maximum atomic E-state index is 11.1. The van der Waals surface area contributed by atoms with Crippen molar-refractivity contribution in [2.75, 3.05) is 31.6 Å². The molecule has 1 amide bonds. The van der Waals surface area contributed by atoms with E-state index in [9.17, 15) is 4.79 Å². The zero-order chi connectivity index (χ0) is 18.4. The molecular formula is C21H29N3O2. The van der Waals surface area contributed by atoms with Crippen molar-refractivity contribution >= 4 is 17.8 Å². The van der Waals surface area contributed by atoms with E-state index in [2.05, 4.69) is 40.3 Å². The number of likely N-dealkylation sites (tertiary alicyclic amines) is 1. The number of anilines is 1. The van der Waals surface area contributed by atoms with Gasteiger partial charge in [-0.2, -0.15) is 0 Å². The predicted molar refractivity (Wildman–Crippen MR) is 106 cm³/mol. The standard InChI is InChI=1S/C21H29N3O2/c1-16-13-21(14-22-16)26-15-19-8-11-24(12-9-19)10-7-18-3-5-20(6-4-18)23-17(2)25/h3-6,13-14,16,19H,7-12,15H2,1-2H3,(H,23,25). The van der Waals surface area contributed by atoms with Gasteiger partial charge in [0.05, 0.1) is 18.9 Å². The molecule has 1 N–H and O–H groups in total. The summed E-state index contributed by atoms with van der Waals surface area (Å²) in [6.07, 6.45) is 7.36. The smallest absolute Gasteiger partial charge is 0.221 e. The molecule has 3 rings (SSSR count). The molecule has 2 aliphatic heterocycles. The van der Waals surface area contributed by atoms with Gasteiger partial charge in [-0.3, -0.25) is 9.79 Å². The SMILES string of the molecule is CC(=O)Nc1ccc(CCN2CCC(COC3=CC(C)N=C3)CC2)cc1. The van der Waals surface area contributed by atoms with Gasteiger partial charge in [0, 0.05) is 19.2 Å². The normalized spacial score (nSPS) is 20.8. The van der Waals surface area contributed by atoms with Gasteiger partial charge in [0.2, 0.25) is 5.91 Å². The Morgan fingerprint density at radius 3 is 2.62 bits per heavy atom. The molecule has 26 heavy (non-hydrogen) atoms. The van der Waals surface area contributed by atoms with E-state index >= 15 is 0 Å². The number of piperidine rings is 1. The van der Waals surface area contributed by atoms with Crippen LogP contribution in [0, 0.1) is 5.92 Å². The summed E-state index contributed by atoms with van der Waals surface area (Å²) in [7, 11) is 0. The Balaban J connectivity index is 1.34. The maximum Gasteiger partial charge on any atom is 0.221 e. The molecule has 5 heteroatoms. The Bertz CT molecular complexity index is 658. The first kappa shape index (κ1) is 18.6. The minimum Gasteiger partial charge on any atom is -0.492 e. The van der Waals surface area contributed by atoms with E-state index in [0.29, 0.717) is 5.92 Å². The van der Waals surface area contributed by atoms with Crippen LogP contribution in [0.2, 0.25) is 0 Å².